The third-order valence-electron chi connectivity index (χ3n) is 3.75. The van der Waals surface area contributed by atoms with Gasteiger partial charge in [-0.1, -0.05) is 18.6 Å². The van der Waals surface area contributed by atoms with Crippen molar-refractivity contribution in [3.63, 3.8) is 0 Å². The average Bonchev–Trinajstić information content (AvgIpc) is 2.29. The van der Waals surface area contributed by atoms with Crippen LogP contribution in [0, 0.1) is 0 Å². The van der Waals surface area contributed by atoms with Gasteiger partial charge in [-0.25, -0.2) is 13.1 Å². The van der Waals surface area contributed by atoms with Gasteiger partial charge >= 0.3 is 0 Å². The molecule has 0 heterocycles. The van der Waals surface area contributed by atoms with Gasteiger partial charge < -0.3 is 5.73 Å². The van der Waals surface area contributed by atoms with Gasteiger partial charge in [-0.05, 0) is 37.6 Å². The molecule has 1 aromatic carbocycles. The minimum absolute atomic E-state index is 0.0853. The molecule has 1 aromatic rings. The number of benzene rings is 1. The van der Waals surface area contributed by atoms with Crippen LogP contribution in [-0.4, -0.2) is 22.0 Å². The van der Waals surface area contributed by atoms with Crippen LogP contribution in [0.4, 0.5) is 0 Å². The van der Waals surface area contributed by atoms with Crippen LogP contribution in [0.1, 0.15) is 24.8 Å². The number of hydrogen-bond donors (Lipinski definition) is 2. The van der Waals surface area contributed by atoms with Gasteiger partial charge in [0.2, 0.25) is 10.0 Å². The molecule has 3 N–H and O–H groups in total. The van der Waals surface area contributed by atoms with Crippen molar-refractivity contribution in [2.75, 3.05) is 13.6 Å². The maximum atomic E-state index is 11.6. The fourth-order valence-corrected chi connectivity index (χ4v) is 3.05. The van der Waals surface area contributed by atoms with E-state index in [1.165, 1.54) is 13.5 Å². The normalized spacial score (nSPS) is 18.7. The predicted octanol–water partition coefficient (Wildman–Crippen LogP) is 0.975. The van der Waals surface area contributed by atoms with Gasteiger partial charge in [-0.15, -0.1) is 0 Å². The van der Waals surface area contributed by atoms with Gasteiger partial charge in [0.1, 0.15) is 0 Å². The molecule has 0 bridgehead atoms. The summed E-state index contributed by atoms with van der Waals surface area (Å²) in [7, 11) is -1.92. The first-order chi connectivity index (χ1) is 8.04. The lowest BCUT2D eigenvalue weighted by Gasteiger charge is -2.41. The summed E-state index contributed by atoms with van der Waals surface area (Å²) in [6.45, 7) is 0.630. The molecule has 1 fully saturated rings. The molecule has 1 aliphatic rings. The lowest BCUT2D eigenvalue weighted by Crippen LogP contribution is -2.41. The summed E-state index contributed by atoms with van der Waals surface area (Å²) in [6, 6.07) is 7.07. The fraction of sp³-hybridized carbons (Fsp3) is 0.500. The van der Waals surface area contributed by atoms with E-state index >= 15 is 0 Å². The van der Waals surface area contributed by atoms with Crippen LogP contribution in [0.25, 0.3) is 0 Å². The molecule has 0 aromatic heterocycles. The summed E-state index contributed by atoms with van der Waals surface area (Å²) in [4.78, 5) is 0.301. The Labute approximate surface area is 102 Å². The third-order valence-corrected chi connectivity index (χ3v) is 5.18. The van der Waals surface area contributed by atoms with E-state index < -0.39 is 10.0 Å². The Kier molecular flexibility index (Phi) is 3.25. The van der Waals surface area contributed by atoms with E-state index in [0.29, 0.717) is 11.4 Å². The summed E-state index contributed by atoms with van der Waals surface area (Å²) in [5.74, 6) is 0. The summed E-state index contributed by atoms with van der Waals surface area (Å²) in [5.41, 5.74) is 7.06. The molecule has 0 aliphatic heterocycles. The highest BCUT2D eigenvalue weighted by Gasteiger charge is 2.37. The SMILES string of the molecule is CNS(=O)(=O)c1ccc(C2(CN)CCC2)cc1. The standard InChI is InChI=1S/C12H18N2O2S/c1-14-17(15,16)11-5-3-10(4-6-11)12(9-13)7-2-8-12/h3-6,14H,2,7-9,13H2,1H3. The van der Waals surface area contributed by atoms with Crippen LogP contribution < -0.4 is 10.5 Å². The van der Waals surface area contributed by atoms with E-state index in [9.17, 15) is 8.42 Å². The Balaban J connectivity index is 2.30. The molecular weight excluding hydrogens is 236 g/mol. The van der Waals surface area contributed by atoms with E-state index in [-0.39, 0.29) is 5.41 Å². The van der Waals surface area contributed by atoms with Crippen molar-refractivity contribution in [1.29, 1.82) is 0 Å². The van der Waals surface area contributed by atoms with Gasteiger partial charge in [0, 0.05) is 12.0 Å². The summed E-state index contributed by atoms with van der Waals surface area (Å²) >= 11 is 0. The number of sulfonamides is 1. The minimum Gasteiger partial charge on any atom is -0.330 e. The smallest absolute Gasteiger partial charge is 0.240 e. The largest absolute Gasteiger partial charge is 0.330 e. The highest BCUT2D eigenvalue weighted by Crippen LogP contribution is 2.42. The number of hydrogen-bond acceptors (Lipinski definition) is 3. The molecule has 0 amide bonds. The van der Waals surface area contributed by atoms with Crippen LogP contribution in [-0.2, 0) is 15.4 Å². The Morgan fingerprint density at radius 2 is 1.88 bits per heavy atom. The predicted molar refractivity (Wildman–Crippen MR) is 67.3 cm³/mol. The second-order valence-corrected chi connectivity index (χ2v) is 6.46. The highest BCUT2D eigenvalue weighted by atomic mass is 32.2. The van der Waals surface area contributed by atoms with Gasteiger partial charge in [0.05, 0.1) is 4.90 Å². The van der Waals surface area contributed by atoms with E-state index in [1.54, 1.807) is 12.1 Å². The van der Waals surface area contributed by atoms with Crippen molar-refractivity contribution in [2.45, 2.75) is 29.6 Å². The second kappa shape index (κ2) is 4.40. The van der Waals surface area contributed by atoms with Crippen molar-refractivity contribution in [2.24, 2.45) is 5.73 Å². The molecule has 17 heavy (non-hydrogen) atoms. The van der Waals surface area contributed by atoms with E-state index in [4.69, 9.17) is 5.73 Å². The molecule has 5 heteroatoms. The second-order valence-electron chi connectivity index (χ2n) is 4.57. The maximum Gasteiger partial charge on any atom is 0.240 e. The zero-order valence-corrected chi connectivity index (χ0v) is 10.8. The molecular formula is C12H18N2O2S. The molecule has 0 saturated heterocycles. The van der Waals surface area contributed by atoms with Crippen molar-refractivity contribution in [3.8, 4) is 0 Å². The third kappa shape index (κ3) is 2.10. The Morgan fingerprint density at radius 1 is 1.29 bits per heavy atom. The van der Waals surface area contributed by atoms with Crippen molar-refractivity contribution in [3.05, 3.63) is 29.8 Å². The fourth-order valence-electron chi connectivity index (χ4n) is 2.32. The maximum absolute atomic E-state index is 11.6. The van der Waals surface area contributed by atoms with E-state index in [2.05, 4.69) is 4.72 Å². The first-order valence-electron chi connectivity index (χ1n) is 5.78. The number of nitrogens with two attached hydrogens (primary N) is 1. The molecule has 1 aliphatic carbocycles. The van der Waals surface area contributed by atoms with E-state index in [0.717, 1.165) is 18.4 Å². The molecule has 1 saturated carbocycles. The molecule has 0 radical (unpaired) electrons. The zero-order valence-electron chi connectivity index (χ0n) is 9.94. The quantitative estimate of drug-likeness (QED) is 0.841. The topological polar surface area (TPSA) is 72.2 Å². The number of rotatable bonds is 4. The molecule has 0 spiro atoms. The zero-order chi connectivity index (χ0) is 12.5. The molecule has 2 rings (SSSR count). The van der Waals surface area contributed by atoms with Crippen molar-refractivity contribution in [1.82, 2.24) is 4.72 Å². The van der Waals surface area contributed by atoms with Crippen LogP contribution in [0.15, 0.2) is 29.2 Å². The molecule has 0 unspecified atom stereocenters. The van der Waals surface area contributed by atoms with Crippen LogP contribution >= 0.6 is 0 Å². The molecule has 4 nitrogen and oxygen atoms in total. The molecule has 0 atom stereocenters. The number of nitrogens with one attached hydrogen (secondary N) is 1. The monoisotopic (exact) mass is 254 g/mol. The van der Waals surface area contributed by atoms with Gasteiger partial charge in [0.25, 0.3) is 0 Å². The van der Waals surface area contributed by atoms with Crippen LogP contribution in [0.5, 0.6) is 0 Å². The van der Waals surface area contributed by atoms with Crippen LogP contribution in [0.2, 0.25) is 0 Å². The Morgan fingerprint density at radius 3 is 2.24 bits per heavy atom. The summed E-state index contributed by atoms with van der Waals surface area (Å²) < 4.78 is 25.5. The first-order valence-corrected chi connectivity index (χ1v) is 7.27. The lowest BCUT2D eigenvalue weighted by atomic mass is 9.64. The lowest BCUT2D eigenvalue weighted by molar-refractivity contribution is 0.253. The minimum atomic E-state index is -3.34. The summed E-state index contributed by atoms with van der Waals surface area (Å²) in [6.07, 6.45) is 3.40. The van der Waals surface area contributed by atoms with Gasteiger partial charge in [0.15, 0.2) is 0 Å². The van der Waals surface area contributed by atoms with Crippen molar-refractivity contribution < 1.29 is 8.42 Å². The Bertz CT molecular complexity index is 484. The first kappa shape index (κ1) is 12.5. The van der Waals surface area contributed by atoms with Gasteiger partial charge in [-0.2, -0.15) is 0 Å². The molecule has 94 valence electrons. The van der Waals surface area contributed by atoms with E-state index in [1.807, 2.05) is 12.1 Å². The highest BCUT2D eigenvalue weighted by molar-refractivity contribution is 7.89. The van der Waals surface area contributed by atoms with Crippen molar-refractivity contribution >= 4 is 10.0 Å². The van der Waals surface area contributed by atoms with Gasteiger partial charge in [-0.3, -0.25) is 0 Å². The van der Waals surface area contributed by atoms with Crippen LogP contribution in [0.3, 0.4) is 0 Å². The Hall–Kier alpha value is -0.910. The average molecular weight is 254 g/mol. The summed E-state index contributed by atoms with van der Waals surface area (Å²) in [5, 5.41) is 0.